The van der Waals surface area contributed by atoms with Gasteiger partial charge < -0.3 is 5.32 Å². The number of rotatable bonds is 6. The predicted octanol–water partition coefficient (Wildman–Crippen LogP) is 7.30. The smallest absolute Gasteiger partial charge is 0.325 e. The average Bonchev–Trinajstić information content (AvgIpc) is 2.86. The van der Waals surface area contributed by atoms with E-state index in [1.165, 1.54) is 0 Å². The number of nitriles is 1. The van der Waals surface area contributed by atoms with Crippen LogP contribution < -0.4 is 5.32 Å². The highest BCUT2D eigenvalue weighted by molar-refractivity contribution is 8.00. The molecule has 0 saturated carbocycles. The number of aromatic nitrogens is 1. The number of carbonyl (C=O) groups is 1. The first kappa shape index (κ1) is 24.3. The van der Waals surface area contributed by atoms with Gasteiger partial charge in [-0.25, -0.2) is 4.98 Å². The second-order valence-electron chi connectivity index (χ2n) is 7.78. The van der Waals surface area contributed by atoms with Crippen LogP contribution in [0.5, 0.6) is 0 Å². The van der Waals surface area contributed by atoms with Gasteiger partial charge in [0.05, 0.1) is 22.1 Å². The van der Waals surface area contributed by atoms with E-state index in [-0.39, 0.29) is 16.6 Å². The zero-order chi connectivity index (χ0) is 25.0. The van der Waals surface area contributed by atoms with Crippen LogP contribution in [0.2, 0.25) is 0 Å². The minimum Gasteiger partial charge on any atom is -0.325 e. The summed E-state index contributed by atoms with van der Waals surface area (Å²) in [5, 5.41) is 13.5. The second-order valence-corrected chi connectivity index (χ2v) is 8.97. The molecular formula is C27H20F3N3OS. The van der Waals surface area contributed by atoms with Crippen molar-refractivity contribution in [2.75, 3.05) is 5.32 Å². The Kier molecular flexibility index (Phi) is 7.08. The maximum absolute atomic E-state index is 13.8. The van der Waals surface area contributed by atoms with Gasteiger partial charge in [-0.2, -0.15) is 18.4 Å². The van der Waals surface area contributed by atoms with Crippen molar-refractivity contribution in [1.29, 1.82) is 5.26 Å². The fraction of sp³-hybridized carbons (Fsp3) is 0.148. The number of hydrogen-bond acceptors (Lipinski definition) is 4. The largest absolute Gasteiger partial charge is 0.417 e. The molecule has 0 aliphatic heterocycles. The van der Waals surface area contributed by atoms with Crippen LogP contribution in [0.4, 0.5) is 18.9 Å². The first-order valence-corrected chi connectivity index (χ1v) is 11.7. The van der Waals surface area contributed by atoms with Crippen molar-refractivity contribution < 1.29 is 18.0 Å². The first-order chi connectivity index (χ1) is 16.8. The fourth-order valence-electron chi connectivity index (χ4n) is 3.64. The van der Waals surface area contributed by atoms with Crippen LogP contribution in [-0.2, 0) is 11.0 Å². The molecule has 4 nitrogen and oxygen atoms in total. The molecule has 0 saturated heterocycles. The molecule has 1 aromatic heterocycles. The summed E-state index contributed by atoms with van der Waals surface area (Å²) < 4.78 is 41.5. The normalized spacial score (nSPS) is 12.2. The Balaban J connectivity index is 1.68. The molecule has 1 unspecified atom stereocenters. The maximum Gasteiger partial charge on any atom is 0.417 e. The lowest BCUT2D eigenvalue weighted by Gasteiger charge is -2.18. The second kappa shape index (κ2) is 10.2. The molecule has 176 valence electrons. The van der Waals surface area contributed by atoms with Crippen LogP contribution in [0, 0.1) is 11.3 Å². The molecule has 4 aromatic rings. The quantitative estimate of drug-likeness (QED) is 0.287. The molecule has 3 aromatic carbocycles. The third-order valence-electron chi connectivity index (χ3n) is 5.41. The molecule has 8 heteroatoms. The zero-order valence-electron chi connectivity index (χ0n) is 18.6. The van der Waals surface area contributed by atoms with E-state index in [0.29, 0.717) is 17.7 Å². The lowest BCUT2D eigenvalue weighted by molar-refractivity contribution is -0.138. The number of nitrogens with one attached hydrogen (secondary N) is 1. The average molecular weight is 492 g/mol. The van der Waals surface area contributed by atoms with Gasteiger partial charge in [0, 0.05) is 11.3 Å². The number of pyridine rings is 1. The molecule has 0 aliphatic carbocycles. The Morgan fingerprint density at radius 3 is 2.37 bits per heavy atom. The highest BCUT2D eigenvalue weighted by Crippen LogP contribution is 2.39. The van der Waals surface area contributed by atoms with E-state index in [1.807, 2.05) is 36.4 Å². The zero-order valence-corrected chi connectivity index (χ0v) is 19.5. The SMILES string of the molecule is CCC(Sc1nc(-c2ccccc2)cc(C(F)(F)F)c1C#N)C(=O)Nc1ccc2ccccc2c1. The molecule has 0 spiro atoms. The minimum absolute atomic E-state index is 0.0872. The molecule has 0 bridgehead atoms. The van der Waals surface area contributed by atoms with Crippen molar-refractivity contribution in [2.24, 2.45) is 0 Å². The van der Waals surface area contributed by atoms with E-state index >= 15 is 0 Å². The Morgan fingerprint density at radius 1 is 1.03 bits per heavy atom. The third-order valence-corrected chi connectivity index (χ3v) is 6.76. The summed E-state index contributed by atoms with van der Waals surface area (Å²) in [6.45, 7) is 1.76. The van der Waals surface area contributed by atoms with Gasteiger partial charge in [-0.1, -0.05) is 79.3 Å². The van der Waals surface area contributed by atoms with Gasteiger partial charge in [-0.15, -0.1) is 0 Å². The minimum atomic E-state index is -4.75. The number of nitrogens with zero attached hydrogens (tertiary/aromatic N) is 2. The summed E-state index contributed by atoms with van der Waals surface area (Å²) in [5.74, 6) is -0.378. The van der Waals surface area contributed by atoms with Gasteiger partial charge in [-0.3, -0.25) is 4.79 Å². The van der Waals surface area contributed by atoms with Crippen LogP contribution in [0.15, 0.2) is 83.9 Å². The molecule has 0 radical (unpaired) electrons. The number of amides is 1. The highest BCUT2D eigenvalue weighted by atomic mass is 32.2. The first-order valence-electron chi connectivity index (χ1n) is 10.8. The Bertz CT molecular complexity index is 1420. The number of anilines is 1. The van der Waals surface area contributed by atoms with Crippen molar-refractivity contribution >= 4 is 34.1 Å². The van der Waals surface area contributed by atoms with Crippen molar-refractivity contribution in [3.8, 4) is 17.3 Å². The lowest BCUT2D eigenvalue weighted by Crippen LogP contribution is -2.25. The summed E-state index contributed by atoms with van der Waals surface area (Å²) in [5.41, 5.74) is -0.502. The number of benzene rings is 3. The topological polar surface area (TPSA) is 65.8 Å². The Morgan fingerprint density at radius 2 is 1.71 bits per heavy atom. The number of alkyl halides is 3. The monoisotopic (exact) mass is 491 g/mol. The molecule has 1 N–H and O–H groups in total. The van der Waals surface area contributed by atoms with E-state index in [2.05, 4.69) is 10.3 Å². The Labute approximate surface area is 204 Å². The van der Waals surface area contributed by atoms with Crippen LogP contribution in [-0.4, -0.2) is 16.1 Å². The van der Waals surface area contributed by atoms with Gasteiger partial charge >= 0.3 is 6.18 Å². The van der Waals surface area contributed by atoms with Crippen LogP contribution in [0.3, 0.4) is 0 Å². The summed E-state index contributed by atoms with van der Waals surface area (Å²) >= 11 is 0.864. The number of halogens is 3. The van der Waals surface area contributed by atoms with Crippen molar-refractivity contribution in [3.63, 3.8) is 0 Å². The summed E-state index contributed by atoms with van der Waals surface area (Å²) in [6.07, 6.45) is -4.42. The van der Waals surface area contributed by atoms with E-state index in [9.17, 15) is 23.2 Å². The molecule has 0 fully saturated rings. The van der Waals surface area contributed by atoms with Gasteiger partial charge in [0.15, 0.2) is 0 Å². The van der Waals surface area contributed by atoms with Crippen molar-refractivity contribution in [1.82, 2.24) is 4.98 Å². The molecule has 1 amide bonds. The summed E-state index contributed by atoms with van der Waals surface area (Å²) in [7, 11) is 0. The van der Waals surface area contributed by atoms with Crippen molar-refractivity contribution in [2.45, 2.75) is 29.8 Å². The number of carbonyl (C=O) groups excluding carboxylic acids is 1. The van der Waals surface area contributed by atoms with Crippen LogP contribution >= 0.6 is 11.8 Å². The number of thioether (sulfide) groups is 1. The van der Waals surface area contributed by atoms with E-state index < -0.39 is 22.6 Å². The van der Waals surface area contributed by atoms with Gasteiger partial charge in [0.2, 0.25) is 5.91 Å². The number of fused-ring (bicyclic) bond motifs is 1. The summed E-state index contributed by atoms with van der Waals surface area (Å²) in [6, 6.07) is 24.2. The lowest BCUT2D eigenvalue weighted by atomic mass is 10.1. The maximum atomic E-state index is 13.8. The van der Waals surface area contributed by atoms with Crippen molar-refractivity contribution in [3.05, 3.63) is 90.0 Å². The van der Waals surface area contributed by atoms with Gasteiger partial charge in [0.25, 0.3) is 0 Å². The molecule has 35 heavy (non-hydrogen) atoms. The molecule has 4 rings (SSSR count). The molecule has 0 aliphatic rings. The third kappa shape index (κ3) is 5.47. The van der Waals surface area contributed by atoms with Gasteiger partial charge in [0.1, 0.15) is 11.1 Å². The number of hydrogen-bond donors (Lipinski definition) is 1. The molecule has 1 heterocycles. The molecule has 1 atom stereocenters. The van der Waals surface area contributed by atoms with E-state index in [4.69, 9.17) is 0 Å². The standard InChI is InChI=1S/C27H20F3N3OS/c1-2-24(25(34)32-20-13-12-17-8-6-7-11-19(17)14-20)35-26-21(16-31)22(27(28,29)30)15-23(33-26)18-9-4-3-5-10-18/h3-15,24H,2H2,1H3,(H,32,34). The molecular weight excluding hydrogens is 471 g/mol. The Hall–Kier alpha value is -3.83. The van der Waals surface area contributed by atoms with Crippen LogP contribution in [0.1, 0.15) is 24.5 Å². The van der Waals surface area contributed by atoms with Gasteiger partial charge in [-0.05, 0) is 35.4 Å². The highest BCUT2D eigenvalue weighted by Gasteiger charge is 2.37. The summed E-state index contributed by atoms with van der Waals surface area (Å²) in [4.78, 5) is 17.4. The van der Waals surface area contributed by atoms with Crippen LogP contribution in [0.25, 0.3) is 22.0 Å². The van der Waals surface area contributed by atoms with E-state index in [0.717, 1.165) is 28.6 Å². The fourth-order valence-corrected chi connectivity index (χ4v) is 4.67. The predicted molar refractivity (Wildman–Crippen MR) is 132 cm³/mol. The van der Waals surface area contributed by atoms with E-state index in [1.54, 1.807) is 49.4 Å².